The van der Waals surface area contributed by atoms with E-state index in [9.17, 15) is 13.2 Å². The number of aryl methyl sites for hydroxylation is 2. The summed E-state index contributed by atoms with van der Waals surface area (Å²) in [7, 11) is -3.73. The van der Waals surface area contributed by atoms with Gasteiger partial charge in [0.25, 0.3) is 0 Å². The first kappa shape index (κ1) is 20.4. The number of sulfonamides is 1. The van der Waals surface area contributed by atoms with Crippen LogP contribution in [-0.2, 0) is 19.6 Å². The molecule has 1 fully saturated rings. The van der Waals surface area contributed by atoms with E-state index in [2.05, 4.69) is 0 Å². The third-order valence-electron chi connectivity index (χ3n) is 4.72. The van der Waals surface area contributed by atoms with Crippen molar-refractivity contribution in [3.05, 3.63) is 59.7 Å². The van der Waals surface area contributed by atoms with Crippen LogP contribution in [0, 0.1) is 13.8 Å². The molecule has 0 N–H and O–H groups in total. The molecule has 0 amide bonds. The lowest BCUT2D eigenvalue weighted by Crippen LogP contribution is -2.41. The molecular weight excluding hydrogens is 378 g/mol. The van der Waals surface area contributed by atoms with Gasteiger partial charge in [0.1, 0.15) is 25.0 Å². The van der Waals surface area contributed by atoms with Crippen molar-refractivity contribution in [1.82, 2.24) is 4.31 Å². The molecule has 6 nitrogen and oxygen atoms in total. The normalized spacial score (nSPS) is 17.4. The Labute approximate surface area is 166 Å². The van der Waals surface area contributed by atoms with Crippen molar-refractivity contribution in [3.63, 3.8) is 0 Å². The number of carbonyl (C=O) groups is 1. The molecule has 2 aromatic rings. The van der Waals surface area contributed by atoms with E-state index in [4.69, 9.17) is 9.47 Å². The van der Waals surface area contributed by atoms with Crippen LogP contribution in [-0.4, -0.2) is 44.5 Å². The van der Waals surface area contributed by atoms with Gasteiger partial charge in [-0.3, -0.25) is 4.79 Å². The summed E-state index contributed by atoms with van der Waals surface area (Å²) in [4.78, 5) is 12.7. The molecule has 0 aliphatic carbocycles. The van der Waals surface area contributed by atoms with E-state index in [0.29, 0.717) is 25.1 Å². The molecule has 3 rings (SSSR count). The Morgan fingerprint density at radius 2 is 1.61 bits per heavy atom. The van der Waals surface area contributed by atoms with Crippen molar-refractivity contribution in [1.29, 1.82) is 0 Å². The predicted octanol–water partition coefficient (Wildman–Crippen LogP) is 3.08. The Morgan fingerprint density at radius 1 is 1.00 bits per heavy atom. The Kier molecular flexibility index (Phi) is 6.36. The standard InChI is InChI=1S/C21H25NO5S/c1-16-5-9-18(10-6-16)26-14-15-27-21(23)20-4-3-13-22(20)28(24,25)19-11-7-17(2)8-12-19/h5-12,20H,3-4,13-15H2,1-2H3/t20-/m0/s1. The molecule has 28 heavy (non-hydrogen) atoms. The summed E-state index contributed by atoms with van der Waals surface area (Å²) in [6, 6.07) is 13.4. The number of hydrogen-bond donors (Lipinski definition) is 0. The molecule has 1 saturated heterocycles. The Hall–Kier alpha value is -2.38. The van der Waals surface area contributed by atoms with Gasteiger partial charge in [-0.05, 0) is 51.0 Å². The largest absolute Gasteiger partial charge is 0.490 e. The zero-order chi connectivity index (χ0) is 20.1. The van der Waals surface area contributed by atoms with E-state index < -0.39 is 22.0 Å². The average molecular weight is 404 g/mol. The highest BCUT2D eigenvalue weighted by atomic mass is 32.2. The van der Waals surface area contributed by atoms with Crippen LogP contribution >= 0.6 is 0 Å². The lowest BCUT2D eigenvalue weighted by molar-refractivity contribution is -0.148. The number of hydrogen-bond acceptors (Lipinski definition) is 5. The van der Waals surface area contributed by atoms with Crippen molar-refractivity contribution in [2.75, 3.05) is 19.8 Å². The Balaban J connectivity index is 1.56. The van der Waals surface area contributed by atoms with Crippen LogP contribution in [0.5, 0.6) is 5.75 Å². The molecule has 0 unspecified atom stereocenters. The first-order valence-corrected chi connectivity index (χ1v) is 10.8. The lowest BCUT2D eigenvalue weighted by Gasteiger charge is -2.22. The minimum Gasteiger partial charge on any atom is -0.490 e. The minimum absolute atomic E-state index is 0.0711. The number of benzene rings is 2. The van der Waals surface area contributed by atoms with Crippen molar-refractivity contribution >= 4 is 16.0 Å². The highest BCUT2D eigenvalue weighted by Gasteiger charge is 2.40. The van der Waals surface area contributed by atoms with Crippen molar-refractivity contribution in [3.8, 4) is 5.75 Å². The molecule has 1 heterocycles. The fourth-order valence-electron chi connectivity index (χ4n) is 3.14. The number of carbonyl (C=O) groups excluding carboxylic acids is 1. The van der Waals surface area contributed by atoms with Gasteiger partial charge >= 0.3 is 5.97 Å². The van der Waals surface area contributed by atoms with Gasteiger partial charge in [-0.1, -0.05) is 35.4 Å². The van der Waals surface area contributed by atoms with Gasteiger partial charge in [-0.2, -0.15) is 4.31 Å². The van der Waals surface area contributed by atoms with Gasteiger partial charge in [-0.15, -0.1) is 0 Å². The van der Waals surface area contributed by atoms with E-state index in [1.807, 2.05) is 38.1 Å². The van der Waals surface area contributed by atoms with E-state index in [0.717, 1.165) is 11.1 Å². The molecule has 150 valence electrons. The summed E-state index contributed by atoms with van der Waals surface area (Å²) < 4.78 is 37.9. The Morgan fingerprint density at radius 3 is 2.25 bits per heavy atom. The monoisotopic (exact) mass is 403 g/mol. The van der Waals surface area contributed by atoms with Crippen LogP contribution in [0.3, 0.4) is 0 Å². The maximum atomic E-state index is 12.9. The van der Waals surface area contributed by atoms with Gasteiger partial charge < -0.3 is 9.47 Å². The molecule has 1 aliphatic rings. The van der Waals surface area contributed by atoms with Gasteiger partial charge in [0.15, 0.2) is 0 Å². The molecule has 0 spiro atoms. The van der Waals surface area contributed by atoms with Crippen molar-refractivity contribution in [2.24, 2.45) is 0 Å². The fraction of sp³-hybridized carbons (Fsp3) is 0.381. The van der Waals surface area contributed by atoms with Crippen molar-refractivity contribution in [2.45, 2.75) is 37.6 Å². The SMILES string of the molecule is Cc1ccc(OCCOC(=O)[C@@H]2CCCN2S(=O)(=O)c2ccc(C)cc2)cc1. The highest BCUT2D eigenvalue weighted by Crippen LogP contribution is 2.27. The summed E-state index contributed by atoms with van der Waals surface area (Å²) in [6.45, 7) is 4.48. The molecule has 0 bridgehead atoms. The predicted molar refractivity (Wildman–Crippen MR) is 106 cm³/mol. The van der Waals surface area contributed by atoms with Crippen LogP contribution in [0.1, 0.15) is 24.0 Å². The highest BCUT2D eigenvalue weighted by molar-refractivity contribution is 7.89. The second-order valence-corrected chi connectivity index (χ2v) is 8.81. The van der Waals surface area contributed by atoms with E-state index >= 15 is 0 Å². The molecule has 7 heteroatoms. The molecule has 0 aromatic heterocycles. The third-order valence-corrected chi connectivity index (χ3v) is 6.64. The van der Waals surface area contributed by atoms with Crippen LogP contribution in [0.4, 0.5) is 0 Å². The third kappa shape index (κ3) is 4.72. The first-order valence-electron chi connectivity index (χ1n) is 9.32. The Bertz CT molecular complexity index is 907. The maximum absolute atomic E-state index is 12.9. The first-order chi connectivity index (χ1) is 13.4. The van der Waals surface area contributed by atoms with Gasteiger partial charge in [-0.25, -0.2) is 8.42 Å². The topological polar surface area (TPSA) is 72.9 Å². The average Bonchev–Trinajstić information content (AvgIpc) is 3.18. The molecule has 0 saturated carbocycles. The number of nitrogens with zero attached hydrogens (tertiary/aromatic N) is 1. The summed E-state index contributed by atoms with van der Waals surface area (Å²) in [5, 5.41) is 0. The molecule has 2 aromatic carbocycles. The summed E-state index contributed by atoms with van der Waals surface area (Å²) in [6.07, 6.45) is 1.09. The van der Waals surface area contributed by atoms with Crippen LogP contribution in [0.25, 0.3) is 0 Å². The lowest BCUT2D eigenvalue weighted by atomic mass is 10.2. The molecule has 1 aliphatic heterocycles. The smallest absolute Gasteiger partial charge is 0.324 e. The van der Waals surface area contributed by atoms with Gasteiger partial charge in [0.2, 0.25) is 10.0 Å². The molecular formula is C21H25NO5S. The number of rotatable bonds is 7. The quantitative estimate of drug-likeness (QED) is 0.525. The minimum atomic E-state index is -3.73. The van der Waals surface area contributed by atoms with E-state index in [1.54, 1.807) is 24.3 Å². The summed E-state index contributed by atoms with van der Waals surface area (Å²) in [5.41, 5.74) is 2.11. The molecule has 0 radical (unpaired) electrons. The zero-order valence-electron chi connectivity index (χ0n) is 16.1. The number of ether oxygens (including phenoxy) is 2. The summed E-state index contributed by atoms with van der Waals surface area (Å²) >= 11 is 0. The van der Waals surface area contributed by atoms with E-state index in [1.165, 1.54) is 4.31 Å². The fourth-order valence-corrected chi connectivity index (χ4v) is 4.79. The van der Waals surface area contributed by atoms with Crippen LogP contribution in [0.2, 0.25) is 0 Å². The van der Waals surface area contributed by atoms with E-state index in [-0.39, 0.29) is 18.1 Å². The second-order valence-electron chi connectivity index (χ2n) is 6.92. The van der Waals surface area contributed by atoms with Gasteiger partial charge in [0.05, 0.1) is 4.90 Å². The maximum Gasteiger partial charge on any atom is 0.324 e. The van der Waals surface area contributed by atoms with Crippen LogP contribution < -0.4 is 4.74 Å². The summed E-state index contributed by atoms with van der Waals surface area (Å²) in [5.74, 6) is 0.173. The van der Waals surface area contributed by atoms with Crippen molar-refractivity contribution < 1.29 is 22.7 Å². The van der Waals surface area contributed by atoms with Gasteiger partial charge in [0, 0.05) is 6.54 Å². The molecule has 1 atom stereocenters. The zero-order valence-corrected chi connectivity index (χ0v) is 16.9. The van der Waals surface area contributed by atoms with Crippen LogP contribution in [0.15, 0.2) is 53.4 Å². The second kappa shape index (κ2) is 8.75. The number of esters is 1.